The van der Waals surface area contributed by atoms with E-state index in [-0.39, 0.29) is 23.2 Å². The second-order valence-corrected chi connectivity index (χ2v) is 11.1. The third-order valence-corrected chi connectivity index (χ3v) is 8.43. The van der Waals surface area contributed by atoms with Crippen molar-refractivity contribution in [3.05, 3.63) is 40.1 Å². The van der Waals surface area contributed by atoms with Crippen molar-refractivity contribution in [1.29, 1.82) is 0 Å². The van der Waals surface area contributed by atoms with Gasteiger partial charge >= 0.3 is 0 Å². The van der Waals surface area contributed by atoms with Gasteiger partial charge in [0.1, 0.15) is 21.5 Å². The number of carboxylic acid groups (broad SMARTS) is 1. The quantitative estimate of drug-likeness (QED) is 0.484. The number of anilines is 1. The topological polar surface area (TPSA) is 108 Å². The molecule has 0 unspecified atom stereocenters. The first-order chi connectivity index (χ1) is 15.4. The van der Waals surface area contributed by atoms with Crippen LogP contribution in [0.3, 0.4) is 0 Å². The first-order valence-electron chi connectivity index (χ1n) is 10.9. The Bertz CT molecular complexity index is 993. The molecule has 3 N–H and O–H groups in total. The average Bonchev–Trinajstić information content (AvgIpc) is 3.47. The van der Waals surface area contributed by atoms with Crippen LogP contribution in [0, 0.1) is 5.82 Å². The predicted octanol–water partition coefficient (Wildman–Crippen LogP) is 4.17. The number of hydrogen-bond acceptors (Lipinski definition) is 7. The summed E-state index contributed by atoms with van der Waals surface area (Å²) in [5.41, 5.74) is 1.69. The standard InChI is InChI=1S/C21H28FN3O2S2.CH2O2/c1-2-23-17-5-3-4-6-18(17)25-19-12-16(22)20(11-15(19)14-7-8-14)29(26,27)13-21-24-9-10-28-21;2-1-3/h9-12,14,17-18,23,25H,2-8,13H2,1H3;1H,(H,2,3)/t17-,18-;/m0./s1. The Labute approximate surface area is 192 Å². The van der Waals surface area contributed by atoms with Gasteiger partial charge in [0.05, 0.1) is 0 Å². The Morgan fingerprint density at radius 3 is 2.50 bits per heavy atom. The summed E-state index contributed by atoms with van der Waals surface area (Å²) in [6.45, 7) is 2.75. The number of aromatic nitrogens is 1. The Kier molecular flexibility index (Phi) is 8.61. The van der Waals surface area contributed by atoms with E-state index >= 15 is 0 Å². The van der Waals surface area contributed by atoms with E-state index in [1.807, 2.05) is 0 Å². The van der Waals surface area contributed by atoms with Gasteiger partial charge < -0.3 is 15.7 Å². The number of benzene rings is 1. The zero-order chi connectivity index (χ0) is 23.1. The Hall–Kier alpha value is -2.04. The van der Waals surface area contributed by atoms with Crippen LogP contribution in [0.2, 0.25) is 0 Å². The van der Waals surface area contributed by atoms with E-state index in [9.17, 15) is 12.8 Å². The minimum atomic E-state index is -3.78. The molecular formula is C22H30FN3O4S2. The summed E-state index contributed by atoms with van der Waals surface area (Å²) < 4.78 is 40.7. The maximum absolute atomic E-state index is 15.0. The number of halogens is 1. The second-order valence-electron chi connectivity index (χ2n) is 8.13. The van der Waals surface area contributed by atoms with Gasteiger partial charge in [-0.2, -0.15) is 0 Å². The van der Waals surface area contributed by atoms with Gasteiger partial charge in [-0.05, 0) is 55.8 Å². The van der Waals surface area contributed by atoms with E-state index in [1.165, 1.54) is 23.8 Å². The van der Waals surface area contributed by atoms with E-state index in [1.54, 1.807) is 17.6 Å². The van der Waals surface area contributed by atoms with Crippen LogP contribution < -0.4 is 10.6 Å². The summed E-state index contributed by atoms with van der Waals surface area (Å²) in [5, 5.41) is 16.2. The van der Waals surface area contributed by atoms with Crippen LogP contribution in [0.5, 0.6) is 0 Å². The van der Waals surface area contributed by atoms with Crippen LogP contribution in [0.4, 0.5) is 10.1 Å². The van der Waals surface area contributed by atoms with Crippen molar-refractivity contribution in [3.63, 3.8) is 0 Å². The van der Waals surface area contributed by atoms with E-state index in [4.69, 9.17) is 9.90 Å². The molecule has 1 aromatic carbocycles. The highest BCUT2D eigenvalue weighted by molar-refractivity contribution is 7.90. The molecule has 2 atom stereocenters. The molecule has 2 aliphatic rings. The molecule has 0 radical (unpaired) electrons. The number of hydrogen-bond donors (Lipinski definition) is 3. The van der Waals surface area contributed by atoms with Gasteiger partial charge in [-0.25, -0.2) is 17.8 Å². The maximum Gasteiger partial charge on any atom is 0.290 e. The monoisotopic (exact) mass is 483 g/mol. The van der Waals surface area contributed by atoms with Crippen LogP contribution in [0.1, 0.15) is 61.9 Å². The molecule has 4 rings (SSSR count). The number of nitrogens with zero attached hydrogens (tertiary/aromatic N) is 1. The van der Waals surface area contributed by atoms with Gasteiger partial charge in [0, 0.05) is 29.3 Å². The minimum Gasteiger partial charge on any atom is -0.483 e. The van der Waals surface area contributed by atoms with Gasteiger partial charge in [-0.15, -0.1) is 11.3 Å². The molecule has 10 heteroatoms. The highest BCUT2D eigenvalue weighted by Gasteiger charge is 2.32. The first-order valence-corrected chi connectivity index (χ1v) is 13.4. The number of likely N-dealkylation sites (N-methyl/N-ethyl adjacent to an activating group) is 1. The summed E-state index contributed by atoms with van der Waals surface area (Å²) in [6, 6.07) is 3.57. The molecule has 2 fully saturated rings. The molecule has 176 valence electrons. The van der Waals surface area contributed by atoms with Crippen molar-refractivity contribution >= 4 is 33.3 Å². The third kappa shape index (κ3) is 6.26. The van der Waals surface area contributed by atoms with Gasteiger partial charge in [0.25, 0.3) is 6.47 Å². The minimum absolute atomic E-state index is 0.202. The van der Waals surface area contributed by atoms with Crippen molar-refractivity contribution in [2.24, 2.45) is 0 Å². The van der Waals surface area contributed by atoms with E-state index in [2.05, 4.69) is 22.5 Å². The second kappa shape index (κ2) is 11.2. The lowest BCUT2D eigenvalue weighted by atomic mass is 9.89. The van der Waals surface area contributed by atoms with Gasteiger partial charge in [0.2, 0.25) is 0 Å². The molecule has 1 aromatic heterocycles. The molecule has 2 aromatic rings. The van der Waals surface area contributed by atoms with Crippen LogP contribution in [0.25, 0.3) is 0 Å². The fraction of sp³-hybridized carbons (Fsp3) is 0.545. The van der Waals surface area contributed by atoms with Gasteiger partial charge in [-0.3, -0.25) is 4.79 Å². The normalized spacial score (nSPS) is 20.8. The SMILES string of the molecule is CCN[C@H]1CCCC[C@@H]1Nc1cc(F)c(S(=O)(=O)Cc2nccs2)cc1C1CC1.O=CO. The maximum atomic E-state index is 15.0. The molecule has 1 heterocycles. The summed E-state index contributed by atoms with van der Waals surface area (Å²) in [4.78, 5) is 12.2. The fourth-order valence-corrected chi connectivity index (χ4v) is 6.59. The van der Waals surface area contributed by atoms with Crippen molar-refractivity contribution in [2.75, 3.05) is 11.9 Å². The number of carbonyl (C=O) groups is 1. The molecule has 2 aliphatic carbocycles. The molecule has 7 nitrogen and oxygen atoms in total. The highest BCUT2D eigenvalue weighted by atomic mass is 32.2. The van der Waals surface area contributed by atoms with Crippen molar-refractivity contribution in [3.8, 4) is 0 Å². The molecule has 32 heavy (non-hydrogen) atoms. The fourth-order valence-electron chi connectivity index (χ4n) is 4.24. The Morgan fingerprint density at radius 2 is 1.91 bits per heavy atom. The zero-order valence-corrected chi connectivity index (χ0v) is 19.7. The lowest BCUT2D eigenvalue weighted by Gasteiger charge is -2.34. The van der Waals surface area contributed by atoms with Gasteiger partial charge in [-0.1, -0.05) is 19.8 Å². The van der Waals surface area contributed by atoms with E-state index in [0.717, 1.165) is 49.9 Å². The molecule has 2 saturated carbocycles. The van der Waals surface area contributed by atoms with Gasteiger partial charge in [0.15, 0.2) is 9.84 Å². The first kappa shape index (κ1) is 24.6. The van der Waals surface area contributed by atoms with E-state index in [0.29, 0.717) is 17.0 Å². The summed E-state index contributed by atoms with van der Waals surface area (Å²) in [5.74, 6) is -0.624. The number of nitrogens with one attached hydrogen (secondary N) is 2. The number of thiazole rings is 1. The molecular weight excluding hydrogens is 453 g/mol. The molecule has 0 spiro atoms. The smallest absolute Gasteiger partial charge is 0.290 e. The predicted molar refractivity (Wildman–Crippen MR) is 123 cm³/mol. The van der Waals surface area contributed by atoms with E-state index < -0.39 is 15.7 Å². The molecule has 0 saturated heterocycles. The van der Waals surface area contributed by atoms with Crippen LogP contribution in [-0.4, -0.2) is 43.6 Å². The lowest BCUT2D eigenvalue weighted by Crippen LogP contribution is -2.46. The molecule has 0 amide bonds. The lowest BCUT2D eigenvalue weighted by molar-refractivity contribution is -0.122. The largest absolute Gasteiger partial charge is 0.483 e. The highest BCUT2D eigenvalue weighted by Crippen LogP contribution is 2.45. The van der Waals surface area contributed by atoms with Crippen LogP contribution in [-0.2, 0) is 20.4 Å². The van der Waals surface area contributed by atoms with Crippen LogP contribution >= 0.6 is 11.3 Å². The number of sulfone groups is 1. The Balaban J connectivity index is 0.000000913. The number of rotatable bonds is 8. The summed E-state index contributed by atoms with van der Waals surface area (Å²) >= 11 is 1.27. The van der Waals surface area contributed by atoms with Crippen molar-refractivity contribution < 1.29 is 22.7 Å². The molecule has 0 aliphatic heterocycles. The zero-order valence-electron chi connectivity index (χ0n) is 18.1. The van der Waals surface area contributed by atoms with Crippen molar-refractivity contribution in [1.82, 2.24) is 10.3 Å². The van der Waals surface area contributed by atoms with Crippen LogP contribution in [0.15, 0.2) is 28.6 Å². The Morgan fingerprint density at radius 1 is 1.22 bits per heavy atom. The average molecular weight is 484 g/mol. The van der Waals surface area contributed by atoms with Crippen molar-refractivity contribution in [2.45, 2.75) is 74.1 Å². The summed E-state index contributed by atoms with van der Waals surface area (Å²) in [7, 11) is -3.78. The molecule has 0 bridgehead atoms. The third-order valence-electron chi connectivity index (χ3n) is 5.83. The summed E-state index contributed by atoms with van der Waals surface area (Å²) in [6.07, 6.45) is 8.11.